The van der Waals surface area contributed by atoms with Crippen LogP contribution in [-0.2, 0) is 9.47 Å². The minimum Gasteiger partial charge on any atom is -0.501 e. The zero-order valence-electron chi connectivity index (χ0n) is 12.0. The van der Waals surface area contributed by atoms with E-state index < -0.39 is 17.3 Å². The molecule has 3 heterocycles. The summed E-state index contributed by atoms with van der Waals surface area (Å²) in [5.74, 6) is -1.57. The van der Waals surface area contributed by atoms with Crippen LogP contribution in [0.25, 0.3) is 5.65 Å². The quantitative estimate of drug-likeness (QED) is 0.782. The zero-order chi connectivity index (χ0) is 15.7. The number of aromatic hydroxyl groups is 1. The van der Waals surface area contributed by atoms with Gasteiger partial charge in [0.05, 0.1) is 26.0 Å². The number of fused-ring (bicyclic) bond motifs is 1. The molecule has 3 rings (SSSR count). The first kappa shape index (κ1) is 14.3. The number of aromatic nitrogens is 2. The van der Waals surface area contributed by atoms with Crippen LogP contribution in [0.1, 0.15) is 10.5 Å². The van der Waals surface area contributed by atoms with Gasteiger partial charge in [0.2, 0.25) is 5.75 Å². The second-order valence-corrected chi connectivity index (χ2v) is 4.79. The Morgan fingerprint density at radius 1 is 1.41 bits per heavy atom. The van der Waals surface area contributed by atoms with E-state index in [4.69, 9.17) is 4.74 Å². The first-order valence-electron chi connectivity index (χ1n) is 6.79. The lowest BCUT2D eigenvalue weighted by Crippen LogP contribution is -2.37. The molecule has 0 aromatic carbocycles. The third-order valence-electron chi connectivity index (χ3n) is 3.54. The average Bonchev–Trinajstić information content (AvgIpc) is 2.57. The number of anilines is 1. The van der Waals surface area contributed by atoms with E-state index in [1.54, 1.807) is 6.07 Å². The third-order valence-corrected chi connectivity index (χ3v) is 3.54. The lowest BCUT2D eigenvalue weighted by molar-refractivity contribution is 0.0590. The molecule has 0 saturated carbocycles. The number of hydrogen-bond acceptors (Lipinski definition) is 7. The van der Waals surface area contributed by atoms with Gasteiger partial charge in [-0.2, -0.15) is 0 Å². The molecule has 22 heavy (non-hydrogen) atoms. The topological polar surface area (TPSA) is 93.4 Å². The van der Waals surface area contributed by atoms with Gasteiger partial charge in [-0.25, -0.2) is 9.78 Å². The molecule has 1 aliphatic heterocycles. The van der Waals surface area contributed by atoms with Crippen molar-refractivity contribution in [1.29, 1.82) is 0 Å². The van der Waals surface area contributed by atoms with Gasteiger partial charge >= 0.3 is 11.5 Å². The van der Waals surface area contributed by atoms with Gasteiger partial charge in [0.1, 0.15) is 0 Å². The smallest absolute Gasteiger partial charge is 0.360 e. The van der Waals surface area contributed by atoms with Crippen LogP contribution in [0.3, 0.4) is 0 Å². The fourth-order valence-corrected chi connectivity index (χ4v) is 2.43. The number of morpholine rings is 1. The Hall–Kier alpha value is -2.61. The molecule has 0 bridgehead atoms. The first-order valence-corrected chi connectivity index (χ1v) is 6.79. The number of rotatable bonds is 2. The Bertz CT molecular complexity index is 780. The number of ether oxygens (including phenoxy) is 2. The van der Waals surface area contributed by atoms with Gasteiger partial charge in [-0.3, -0.25) is 9.20 Å². The number of pyridine rings is 1. The van der Waals surface area contributed by atoms with Crippen molar-refractivity contribution in [2.75, 3.05) is 38.3 Å². The predicted octanol–water partition coefficient (Wildman–Crippen LogP) is 0.0233. The van der Waals surface area contributed by atoms with Crippen LogP contribution in [0, 0.1) is 0 Å². The van der Waals surface area contributed by atoms with Crippen molar-refractivity contribution in [2.45, 2.75) is 0 Å². The first-order chi connectivity index (χ1) is 10.6. The highest BCUT2D eigenvalue weighted by molar-refractivity contribution is 5.91. The van der Waals surface area contributed by atoms with Crippen LogP contribution in [0.5, 0.6) is 5.75 Å². The minimum atomic E-state index is -0.853. The Morgan fingerprint density at radius 3 is 2.82 bits per heavy atom. The monoisotopic (exact) mass is 305 g/mol. The summed E-state index contributed by atoms with van der Waals surface area (Å²) >= 11 is 0. The van der Waals surface area contributed by atoms with E-state index in [-0.39, 0.29) is 5.69 Å². The normalized spacial score (nSPS) is 15.0. The third kappa shape index (κ3) is 2.27. The molecule has 1 aliphatic rings. The van der Waals surface area contributed by atoms with E-state index in [1.807, 2.05) is 11.0 Å². The highest BCUT2D eigenvalue weighted by Crippen LogP contribution is 2.22. The van der Waals surface area contributed by atoms with Crippen LogP contribution in [0.4, 0.5) is 5.69 Å². The van der Waals surface area contributed by atoms with E-state index >= 15 is 0 Å². The van der Waals surface area contributed by atoms with Crippen molar-refractivity contribution >= 4 is 17.3 Å². The molecule has 2 aromatic heterocycles. The molecule has 0 amide bonds. The summed E-state index contributed by atoms with van der Waals surface area (Å²) in [6, 6.07) is 3.50. The van der Waals surface area contributed by atoms with Gasteiger partial charge in [0.25, 0.3) is 0 Å². The number of esters is 1. The largest absolute Gasteiger partial charge is 0.501 e. The Kier molecular flexibility index (Phi) is 3.68. The number of methoxy groups -OCH3 is 1. The lowest BCUT2D eigenvalue weighted by Gasteiger charge is -2.29. The van der Waals surface area contributed by atoms with Crippen LogP contribution in [0.2, 0.25) is 0 Å². The van der Waals surface area contributed by atoms with E-state index in [2.05, 4.69) is 9.72 Å². The molecule has 0 spiro atoms. The molecular formula is C14H15N3O5. The molecule has 0 atom stereocenters. The molecular weight excluding hydrogens is 290 g/mol. The Labute approximate surface area is 125 Å². The van der Waals surface area contributed by atoms with Gasteiger partial charge in [-0.15, -0.1) is 0 Å². The molecule has 1 fully saturated rings. The van der Waals surface area contributed by atoms with E-state index in [1.165, 1.54) is 17.7 Å². The molecule has 8 heteroatoms. The zero-order valence-corrected chi connectivity index (χ0v) is 12.0. The van der Waals surface area contributed by atoms with Crippen LogP contribution >= 0.6 is 0 Å². The summed E-state index contributed by atoms with van der Waals surface area (Å²) in [6.07, 6.45) is 1.50. The predicted molar refractivity (Wildman–Crippen MR) is 77.5 cm³/mol. The number of carbonyl (C=O) groups is 1. The molecule has 116 valence electrons. The molecule has 1 saturated heterocycles. The van der Waals surface area contributed by atoms with Gasteiger partial charge in [-0.1, -0.05) is 0 Å². The number of nitrogens with zero attached hydrogens (tertiary/aromatic N) is 3. The summed E-state index contributed by atoms with van der Waals surface area (Å²) in [6.45, 7) is 2.47. The summed E-state index contributed by atoms with van der Waals surface area (Å²) in [4.78, 5) is 30.1. The fourth-order valence-electron chi connectivity index (χ4n) is 2.43. The SMILES string of the molecule is COC(=O)c1nc2c(N3CCOCC3)cccn2c(=O)c1O. The van der Waals surface area contributed by atoms with Crippen LogP contribution < -0.4 is 10.5 Å². The fraction of sp³-hybridized carbons (Fsp3) is 0.357. The minimum absolute atomic E-state index is 0.299. The van der Waals surface area contributed by atoms with Gasteiger partial charge in [0.15, 0.2) is 11.3 Å². The summed E-state index contributed by atoms with van der Waals surface area (Å²) < 4.78 is 11.1. The number of carbonyl (C=O) groups excluding carboxylic acids is 1. The van der Waals surface area contributed by atoms with Crippen molar-refractivity contribution < 1.29 is 19.4 Å². The highest BCUT2D eigenvalue weighted by atomic mass is 16.5. The van der Waals surface area contributed by atoms with E-state index in [0.717, 1.165) is 0 Å². The summed E-state index contributed by atoms with van der Waals surface area (Å²) in [5, 5.41) is 9.87. The van der Waals surface area contributed by atoms with Crippen LogP contribution in [-0.4, -0.2) is 53.9 Å². The second-order valence-electron chi connectivity index (χ2n) is 4.79. The molecule has 1 N–H and O–H groups in total. The van der Waals surface area contributed by atoms with Crippen molar-refractivity contribution in [3.05, 3.63) is 34.4 Å². The van der Waals surface area contributed by atoms with Gasteiger partial charge < -0.3 is 19.5 Å². The second kappa shape index (κ2) is 5.64. The Morgan fingerprint density at radius 2 is 2.14 bits per heavy atom. The van der Waals surface area contributed by atoms with E-state index in [9.17, 15) is 14.7 Å². The molecule has 0 aliphatic carbocycles. The van der Waals surface area contributed by atoms with Crippen LogP contribution in [0.15, 0.2) is 23.1 Å². The molecule has 2 aromatic rings. The summed E-state index contributed by atoms with van der Waals surface area (Å²) in [5.41, 5.74) is -0.0885. The van der Waals surface area contributed by atoms with Crippen molar-refractivity contribution in [1.82, 2.24) is 9.38 Å². The lowest BCUT2D eigenvalue weighted by atomic mass is 10.3. The standard InChI is InChI=1S/C14H15N3O5/c1-21-14(20)10-11(18)13(19)17-4-2-3-9(12(17)15-10)16-5-7-22-8-6-16/h2-4,18H,5-8H2,1H3. The van der Waals surface area contributed by atoms with Crippen molar-refractivity contribution in [3.63, 3.8) is 0 Å². The van der Waals surface area contributed by atoms with Crippen molar-refractivity contribution in [2.24, 2.45) is 0 Å². The van der Waals surface area contributed by atoms with E-state index in [0.29, 0.717) is 37.6 Å². The summed E-state index contributed by atoms with van der Waals surface area (Å²) in [7, 11) is 1.17. The molecule has 0 unspecified atom stereocenters. The maximum Gasteiger partial charge on any atom is 0.360 e. The highest BCUT2D eigenvalue weighted by Gasteiger charge is 2.22. The Balaban J connectivity index is 2.24. The van der Waals surface area contributed by atoms with Gasteiger partial charge in [0, 0.05) is 19.3 Å². The maximum absolute atomic E-state index is 12.2. The maximum atomic E-state index is 12.2. The van der Waals surface area contributed by atoms with Crippen molar-refractivity contribution in [3.8, 4) is 5.75 Å². The average molecular weight is 305 g/mol. The number of hydrogen-bond donors (Lipinski definition) is 1. The molecule has 8 nitrogen and oxygen atoms in total. The molecule has 0 radical (unpaired) electrons. The van der Waals surface area contributed by atoms with Gasteiger partial charge in [-0.05, 0) is 12.1 Å².